The van der Waals surface area contributed by atoms with Gasteiger partial charge < -0.3 is 0 Å². The molecule has 0 saturated carbocycles. The van der Waals surface area contributed by atoms with E-state index in [0.717, 1.165) is 18.2 Å². The monoisotopic (exact) mass is 280 g/mol. The summed E-state index contributed by atoms with van der Waals surface area (Å²) in [6.07, 6.45) is 6.85. The van der Waals surface area contributed by atoms with Crippen LogP contribution in [0.25, 0.3) is 11.1 Å². The van der Waals surface area contributed by atoms with Gasteiger partial charge in [-0.3, -0.25) is 9.17 Å². The van der Waals surface area contributed by atoms with E-state index in [0.29, 0.717) is 0 Å². The van der Waals surface area contributed by atoms with Crippen molar-refractivity contribution in [1.29, 1.82) is 0 Å². The molecule has 6 nitrogen and oxygen atoms in total. The van der Waals surface area contributed by atoms with E-state index in [2.05, 4.69) is 14.3 Å². The number of nitrogens with zero attached hydrogens (tertiary/aromatic N) is 3. The molecule has 19 heavy (non-hydrogen) atoms. The summed E-state index contributed by atoms with van der Waals surface area (Å²) in [6.45, 7) is 0.257. The van der Waals surface area contributed by atoms with E-state index in [1.165, 1.54) is 0 Å². The van der Waals surface area contributed by atoms with Crippen molar-refractivity contribution in [3.63, 3.8) is 0 Å². The molecular weight excluding hydrogens is 266 g/mol. The third-order valence-corrected chi connectivity index (χ3v) is 3.80. The van der Waals surface area contributed by atoms with Crippen LogP contribution in [0.1, 0.15) is 0 Å². The lowest BCUT2D eigenvalue weighted by atomic mass is 10.1. The molecule has 2 aromatic rings. The second kappa shape index (κ2) is 5.85. The van der Waals surface area contributed by atoms with E-state index in [4.69, 9.17) is 0 Å². The van der Waals surface area contributed by atoms with Crippen LogP contribution in [0.5, 0.6) is 0 Å². The fraction of sp³-hybridized carbons (Fsp3) is 0.250. The molecule has 2 rings (SSSR count). The Labute approximate surface area is 111 Å². The number of aromatic nitrogens is 3. The molecule has 0 radical (unpaired) electrons. The largest absolute Gasteiger partial charge is 0.273 e. The summed E-state index contributed by atoms with van der Waals surface area (Å²) in [6, 6.07) is 5.65. The first-order valence-electron chi connectivity index (χ1n) is 5.65. The Morgan fingerprint density at radius 2 is 1.95 bits per heavy atom. The summed E-state index contributed by atoms with van der Waals surface area (Å²) in [7, 11) is -2.30. The average molecular weight is 280 g/mol. The smallest absolute Gasteiger partial charge is 0.273 e. The van der Waals surface area contributed by atoms with Gasteiger partial charge in [-0.1, -0.05) is 4.68 Å². The molecule has 0 atom stereocenters. The Morgan fingerprint density at radius 3 is 2.53 bits per heavy atom. The quantitative estimate of drug-likeness (QED) is 0.586. The fourth-order valence-electron chi connectivity index (χ4n) is 1.52. The average Bonchev–Trinajstić information content (AvgIpc) is 2.47. The highest BCUT2D eigenvalue weighted by molar-refractivity contribution is 7.86. The molecule has 0 aliphatic carbocycles. The zero-order valence-electron chi connectivity index (χ0n) is 10.4. The predicted molar refractivity (Wildman–Crippen MR) is 68.5 cm³/mol. The van der Waals surface area contributed by atoms with E-state index < -0.39 is 10.1 Å². The molecule has 0 unspecified atom stereocenters. The van der Waals surface area contributed by atoms with Gasteiger partial charge in [-0.15, -0.1) is 0 Å². The second-order valence-corrected chi connectivity index (χ2v) is 5.70. The third kappa shape index (κ3) is 3.80. The van der Waals surface area contributed by atoms with Crippen molar-refractivity contribution in [2.24, 2.45) is 0 Å². The zero-order chi connectivity index (χ0) is 13.7. The lowest BCUT2D eigenvalue weighted by Crippen LogP contribution is -2.40. The number of hydrogen-bond donors (Lipinski definition) is 0. The molecule has 0 amide bonds. The number of pyridine rings is 1. The van der Waals surface area contributed by atoms with Crippen molar-refractivity contribution in [3.05, 3.63) is 43.0 Å². The Balaban J connectivity index is 2.07. The number of rotatable bonds is 5. The topological polar surface area (TPSA) is 73.0 Å². The minimum absolute atomic E-state index is 0.101. The minimum Gasteiger partial charge on any atom is -0.273 e. The molecule has 0 fully saturated rings. The van der Waals surface area contributed by atoms with Crippen LogP contribution in [-0.4, -0.2) is 31.4 Å². The summed E-state index contributed by atoms with van der Waals surface area (Å²) in [5.74, 6) is -0.101. The fourth-order valence-corrected chi connectivity index (χ4v) is 2.10. The molecule has 0 saturated heterocycles. The maximum absolute atomic E-state index is 11.2. The van der Waals surface area contributed by atoms with Gasteiger partial charge in [0.1, 0.15) is 11.9 Å². The van der Waals surface area contributed by atoms with Crippen molar-refractivity contribution in [3.8, 4) is 11.1 Å². The zero-order valence-corrected chi connectivity index (χ0v) is 11.2. The molecule has 0 N–H and O–H groups in total. The Morgan fingerprint density at radius 1 is 1.21 bits per heavy atom. The molecule has 100 valence electrons. The van der Waals surface area contributed by atoms with Gasteiger partial charge in [0.25, 0.3) is 10.1 Å². The van der Waals surface area contributed by atoms with Gasteiger partial charge in [-0.2, -0.15) is 8.42 Å². The molecule has 0 aromatic carbocycles. The molecule has 0 aliphatic heterocycles. The van der Waals surface area contributed by atoms with Crippen LogP contribution in [0.15, 0.2) is 43.0 Å². The van der Waals surface area contributed by atoms with E-state index in [9.17, 15) is 8.42 Å². The van der Waals surface area contributed by atoms with E-state index in [1.54, 1.807) is 29.5 Å². The van der Waals surface area contributed by atoms with Crippen LogP contribution in [0, 0.1) is 0 Å². The standard InChI is InChI=1S/C12H14N3O3S/c1-18-19(16,17)9-8-15-7-4-12(10-14-15)11-2-5-13-6-3-11/h2-7,10H,8-9H2,1H3/q+1. The molecule has 0 aliphatic rings. The summed E-state index contributed by atoms with van der Waals surface area (Å²) in [5, 5.41) is 4.17. The normalized spacial score (nSPS) is 11.4. The first-order valence-corrected chi connectivity index (χ1v) is 7.23. The van der Waals surface area contributed by atoms with Crippen LogP contribution in [-0.2, 0) is 20.8 Å². The maximum atomic E-state index is 11.2. The Bertz CT molecular complexity index is 627. The highest BCUT2D eigenvalue weighted by Crippen LogP contribution is 2.14. The van der Waals surface area contributed by atoms with E-state index in [1.807, 2.05) is 18.2 Å². The van der Waals surface area contributed by atoms with E-state index >= 15 is 0 Å². The SMILES string of the molecule is COS(=O)(=O)CC[n+]1ccc(-c2ccncc2)cn1. The lowest BCUT2D eigenvalue weighted by molar-refractivity contribution is -0.750. The second-order valence-electron chi connectivity index (χ2n) is 3.84. The van der Waals surface area contributed by atoms with Crippen LogP contribution in [0.4, 0.5) is 0 Å². The lowest BCUT2D eigenvalue weighted by Gasteiger charge is -1.99. The van der Waals surface area contributed by atoms with Crippen molar-refractivity contribution in [2.45, 2.75) is 6.54 Å². The maximum Gasteiger partial charge on any atom is 0.273 e. The van der Waals surface area contributed by atoms with Crippen LogP contribution in [0.2, 0.25) is 0 Å². The van der Waals surface area contributed by atoms with Crippen molar-refractivity contribution in [1.82, 2.24) is 10.1 Å². The van der Waals surface area contributed by atoms with Gasteiger partial charge in [0.2, 0.25) is 0 Å². The summed E-state index contributed by atoms with van der Waals surface area (Å²) in [5.41, 5.74) is 1.97. The van der Waals surface area contributed by atoms with E-state index in [-0.39, 0.29) is 12.3 Å². The van der Waals surface area contributed by atoms with Gasteiger partial charge in [-0.25, -0.2) is 0 Å². The molecule has 7 heteroatoms. The van der Waals surface area contributed by atoms with Crippen molar-refractivity contribution < 1.29 is 17.3 Å². The van der Waals surface area contributed by atoms with Gasteiger partial charge in [-0.05, 0) is 22.8 Å². The summed E-state index contributed by atoms with van der Waals surface area (Å²) >= 11 is 0. The van der Waals surface area contributed by atoms with Crippen molar-refractivity contribution >= 4 is 10.1 Å². The Hall–Kier alpha value is -1.86. The third-order valence-electron chi connectivity index (χ3n) is 2.61. The number of aryl methyl sites for hydroxylation is 1. The number of hydrogen-bond acceptors (Lipinski definition) is 5. The van der Waals surface area contributed by atoms with Gasteiger partial charge >= 0.3 is 0 Å². The predicted octanol–water partition coefficient (Wildman–Crippen LogP) is 0.407. The molecular formula is C12H14N3O3S+. The summed E-state index contributed by atoms with van der Waals surface area (Å²) < 4.78 is 28.3. The van der Waals surface area contributed by atoms with Gasteiger partial charge in [0.05, 0.1) is 7.11 Å². The van der Waals surface area contributed by atoms with Crippen molar-refractivity contribution in [2.75, 3.05) is 12.9 Å². The molecule has 2 heterocycles. The first-order chi connectivity index (χ1) is 9.11. The van der Waals surface area contributed by atoms with Gasteiger partial charge in [0, 0.05) is 24.0 Å². The van der Waals surface area contributed by atoms with Gasteiger partial charge in [0.15, 0.2) is 12.7 Å². The highest BCUT2D eigenvalue weighted by Gasteiger charge is 2.13. The summed E-state index contributed by atoms with van der Waals surface area (Å²) in [4.78, 5) is 3.95. The molecule has 0 spiro atoms. The molecule has 2 aromatic heterocycles. The van der Waals surface area contributed by atoms with Crippen LogP contribution >= 0.6 is 0 Å². The highest BCUT2D eigenvalue weighted by atomic mass is 32.2. The Kier molecular flexibility index (Phi) is 4.18. The van der Waals surface area contributed by atoms with Crippen LogP contribution < -0.4 is 4.68 Å². The minimum atomic E-state index is -3.45. The van der Waals surface area contributed by atoms with Crippen LogP contribution in [0.3, 0.4) is 0 Å². The first kappa shape index (κ1) is 13.6. The molecule has 0 bridgehead atoms.